The zero-order chi connectivity index (χ0) is 30.1. The predicted molar refractivity (Wildman–Crippen MR) is 142 cm³/mol. The molecule has 0 aliphatic rings. The number of sulfone groups is 1. The molecule has 0 atom stereocenters. The van der Waals surface area contributed by atoms with E-state index in [9.17, 15) is 31.5 Å². The Kier molecular flexibility index (Phi) is 8.15. The molecular formula is C27H27F3N4O6S. The lowest BCUT2D eigenvalue weighted by Crippen LogP contribution is -2.25. The number of unbranched alkanes of at least 4 members (excludes halogenated alkanes) is 1. The van der Waals surface area contributed by atoms with E-state index in [4.69, 9.17) is 9.47 Å². The van der Waals surface area contributed by atoms with Crippen molar-refractivity contribution < 1.29 is 36.2 Å². The Labute approximate surface area is 233 Å². The third-order valence-corrected chi connectivity index (χ3v) is 8.11. The van der Waals surface area contributed by atoms with E-state index in [-0.39, 0.29) is 40.6 Å². The first-order valence-electron chi connectivity index (χ1n) is 12.4. The number of nitrogens with zero attached hydrogens (tertiary/aromatic N) is 4. The van der Waals surface area contributed by atoms with E-state index in [2.05, 4.69) is 10.1 Å². The number of ether oxygens (including phenoxy) is 2. The molecule has 4 aromatic rings. The van der Waals surface area contributed by atoms with Gasteiger partial charge in [-0.15, -0.1) is 0 Å². The van der Waals surface area contributed by atoms with Crippen LogP contribution in [0.4, 0.5) is 13.2 Å². The van der Waals surface area contributed by atoms with Crippen molar-refractivity contribution in [2.45, 2.75) is 42.2 Å². The van der Waals surface area contributed by atoms with Crippen LogP contribution in [0.15, 0.2) is 63.2 Å². The number of aromatic hydroxyl groups is 1. The molecule has 4 rings (SSSR count). The van der Waals surface area contributed by atoms with Crippen LogP contribution in [0.2, 0.25) is 0 Å². The second kappa shape index (κ2) is 11.3. The normalized spacial score (nSPS) is 12.0. The average molecular weight is 593 g/mol. The number of rotatable bonds is 9. The molecule has 2 aromatic heterocycles. The van der Waals surface area contributed by atoms with Gasteiger partial charge in [0.25, 0.3) is 5.56 Å². The average Bonchev–Trinajstić information content (AvgIpc) is 3.33. The highest BCUT2D eigenvalue weighted by atomic mass is 32.2. The second-order valence-electron chi connectivity index (χ2n) is 9.03. The van der Waals surface area contributed by atoms with Crippen LogP contribution in [-0.2, 0) is 29.5 Å². The number of halogens is 3. The third kappa shape index (κ3) is 5.51. The number of para-hydroxylation sites is 1. The van der Waals surface area contributed by atoms with E-state index in [0.29, 0.717) is 6.42 Å². The molecule has 0 bridgehead atoms. The molecule has 0 aliphatic carbocycles. The Hall–Kier alpha value is -4.33. The van der Waals surface area contributed by atoms with Crippen molar-refractivity contribution in [1.29, 1.82) is 0 Å². The highest BCUT2D eigenvalue weighted by Crippen LogP contribution is 2.39. The maximum absolute atomic E-state index is 13.7. The van der Waals surface area contributed by atoms with E-state index in [0.717, 1.165) is 34.0 Å². The molecule has 0 fully saturated rings. The Morgan fingerprint density at radius 2 is 1.63 bits per heavy atom. The Balaban J connectivity index is 1.91. The van der Waals surface area contributed by atoms with Gasteiger partial charge < -0.3 is 14.6 Å². The summed E-state index contributed by atoms with van der Waals surface area (Å²) in [6, 6.07) is 9.21. The second-order valence-corrected chi connectivity index (χ2v) is 10.9. The molecule has 218 valence electrons. The van der Waals surface area contributed by atoms with Crippen LogP contribution < -0.4 is 15.0 Å². The number of methoxy groups -OCH3 is 2. The lowest BCUT2D eigenvalue weighted by atomic mass is 10.1. The van der Waals surface area contributed by atoms with Gasteiger partial charge >= 0.3 is 6.18 Å². The standard InChI is InChI=1S/C27H27F3N4O6S/c1-5-6-10-21-31-25(35)23(26(36)34(21)22-19(39-3)8-7-9-20(22)40-4)41(37,38)17-13-11-16(12-14-17)18-15-33(2)32-24(18)27(28,29)30/h7-9,11-15,36H,5-6,10H2,1-4H3. The summed E-state index contributed by atoms with van der Waals surface area (Å²) in [5.41, 5.74) is -2.38. The number of alkyl halides is 3. The first-order chi connectivity index (χ1) is 19.3. The van der Waals surface area contributed by atoms with Crippen LogP contribution in [0, 0.1) is 0 Å². The first-order valence-corrected chi connectivity index (χ1v) is 13.9. The molecule has 1 N–H and O–H groups in total. The van der Waals surface area contributed by atoms with Gasteiger partial charge in [-0.3, -0.25) is 14.0 Å². The minimum atomic E-state index is -4.73. The van der Waals surface area contributed by atoms with Crippen molar-refractivity contribution in [3.63, 3.8) is 0 Å². The van der Waals surface area contributed by atoms with Gasteiger partial charge in [-0.1, -0.05) is 31.5 Å². The van der Waals surface area contributed by atoms with Gasteiger partial charge in [-0.25, -0.2) is 8.42 Å². The Bertz CT molecular complexity index is 1720. The minimum Gasteiger partial charge on any atom is -0.494 e. The summed E-state index contributed by atoms with van der Waals surface area (Å²) in [4.78, 5) is 15.7. The molecule has 0 aliphatic heterocycles. The number of aromatic nitrogens is 4. The summed E-state index contributed by atoms with van der Waals surface area (Å²) in [6.45, 7) is 1.91. The topological polar surface area (TPSA) is 126 Å². The number of benzene rings is 2. The Morgan fingerprint density at radius 3 is 2.17 bits per heavy atom. The zero-order valence-corrected chi connectivity index (χ0v) is 23.4. The number of hydrogen-bond acceptors (Lipinski definition) is 8. The predicted octanol–water partition coefficient (Wildman–Crippen LogP) is 4.55. The van der Waals surface area contributed by atoms with Crippen molar-refractivity contribution in [2.24, 2.45) is 7.05 Å². The lowest BCUT2D eigenvalue weighted by Gasteiger charge is -2.21. The molecule has 0 radical (unpaired) electrons. The van der Waals surface area contributed by atoms with E-state index < -0.39 is 42.9 Å². The smallest absolute Gasteiger partial charge is 0.435 e. The minimum absolute atomic E-state index is 0.0535. The summed E-state index contributed by atoms with van der Waals surface area (Å²) in [5, 5.41) is 14.9. The molecule has 0 saturated carbocycles. The van der Waals surface area contributed by atoms with Crippen molar-refractivity contribution in [1.82, 2.24) is 19.3 Å². The van der Waals surface area contributed by atoms with Crippen molar-refractivity contribution in [3.8, 4) is 34.2 Å². The van der Waals surface area contributed by atoms with Gasteiger partial charge in [0.05, 0.1) is 19.1 Å². The highest BCUT2D eigenvalue weighted by molar-refractivity contribution is 7.91. The van der Waals surface area contributed by atoms with Gasteiger partial charge in [0.2, 0.25) is 15.7 Å². The van der Waals surface area contributed by atoms with Crippen LogP contribution in [0.3, 0.4) is 0 Å². The molecule has 0 unspecified atom stereocenters. The highest BCUT2D eigenvalue weighted by Gasteiger charge is 2.37. The van der Waals surface area contributed by atoms with Crippen LogP contribution in [0.5, 0.6) is 17.4 Å². The molecular weight excluding hydrogens is 565 g/mol. The summed E-state index contributed by atoms with van der Waals surface area (Å²) < 4.78 is 80.8. The van der Waals surface area contributed by atoms with Crippen molar-refractivity contribution in [3.05, 3.63) is 70.5 Å². The molecule has 2 aromatic carbocycles. The van der Waals surface area contributed by atoms with Gasteiger partial charge in [0.15, 0.2) is 10.6 Å². The lowest BCUT2D eigenvalue weighted by molar-refractivity contribution is -0.140. The number of hydrogen-bond donors (Lipinski definition) is 1. The summed E-state index contributed by atoms with van der Waals surface area (Å²) >= 11 is 0. The maximum atomic E-state index is 13.7. The molecule has 14 heteroatoms. The van der Waals surface area contributed by atoms with Gasteiger partial charge in [0.1, 0.15) is 23.0 Å². The molecule has 0 saturated heterocycles. The van der Waals surface area contributed by atoms with Crippen LogP contribution >= 0.6 is 0 Å². The fraction of sp³-hybridized carbons (Fsp3) is 0.296. The largest absolute Gasteiger partial charge is 0.494 e. The monoisotopic (exact) mass is 592 g/mol. The molecule has 41 heavy (non-hydrogen) atoms. The summed E-state index contributed by atoms with van der Waals surface area (Å²) in [7, 11) is -0.622. The SMILES string of the molecule is CCCCc1nc(=O)c(S(=O)(=O)c2ccc(-c3cn(C)nc3C(F)(F)F)cc2)c(O)n1-c1c(OC)cccc1OC. The fourth-order valence-corrected chi connectivity index (χ4v) is 5.74. The van der Waals surface area contributed by atoms with Crippen molar-refractivity contribution in [2.75, 3.05) is 14.2 Å². The first kappa shape index (κ1) is 29.6. The maximum Gasteiger partial charge on any atom is 0.435 e. The van der Waals surface area contributed by atoms with Crippen LogP contribution in [-0.4, -0.2) is 47.1 Å². The molecule has 0 amide bonds. The summed E-state index contributed by atoms with van der Waals surface area (Å²) in [5.74, 6) is -0.391. The van der Waals surface area contributed by atoms with Crippen LogP contribution in [0.1, 0.15) is 31.3 Å². The van der Waals surface area contributed by atoms with E-state index in [1.807, 2.05) is 6.92 Å². The van der Waals surface area contributed by atoms with Crippen LogP contribution in [0.25, 0.3) is 16.8 Å². The number of aryl methyl sites for hydroxylation is 2. The summed E-state index contributed by atoms with van der Waals surface area (Å²) in [6.07, 6.45) is -2.05. The van der Waals surface area contributed by atoms with E-state index in [1.165, 1.54) is 33.4 Å². The zero-order valence-electron chi connectivity index (χ0n) is 22.6. The fourth-order valence-electron chi connectivity index (χ4n) is 4.40. The molecule has 0 spiro atoms. The Morgan fingerprint density at radius 1 is 1.02 bits per heavy atom. The van der Waals surface area contributed by atoms with Gasteiger partial charge in [-0.2, -0.15) is 23.3 Å². The van der Waals surface area contributed by atoms with Gasteiger partial charge in [-0.05, 0) is 36.2 Å². The third-order valence-electron chi connectivity index (χ3n) is 6.32. The quantitative estimate of drug-likeness (QED) is 0.300. The van der Waals surface area contributed by atoms with E-state index in [1.54, 1.807) is 18.2 Å². The van der Waals surface area contributed by atoms with Crippen molar-refractivity contribution >= 4 is 9.84 Å². The van der Waals surface area contributed by atoms with Gasteiger partial charge in [0, 0.05) is 25.2 Å². The van der Waals surface area contributed by atoms with E-state index >= 15 is 0 Å². The molecule has 2 heterocycles. The molecule has 10 nitrogen and oxygen atoms in total.